The quantitative estimate of drug-likeness (QED) is 0.484. The van der Waals surface area contributed by atoms with Gasteiger partial charge in [-0.3, -0.25) is 4.99 Å². The zero-order chi connectivity index (χ0) is 20.4. The van der Waals surface area contributed by atoms with Gasteiger partial charge in [0.1, 0.15) is 11.8 Å². The number of aromatic nitrogens is 1. The van der Waals surface area contributed by atoms with Crippen LogP contribution in [0.4, 0.5) is 27.6 Å². The van der Waals surface area contributed by atoms with Gasteiger partial charge in [0.25, 0.3) is 6.43 Å². The second-order valence-electron chi connectivity index (χ2n) is 5.72. The van der Waals surface area contributed by atoms with Crippen LogP contribution < -0.4 is 4.74 Å². The van der Waals surface area contributed by atoms with Crippen LogP contribution in [0.3, 0.4) is 0 Å². The molecule has 10 heteroatoms. The average molecular weight is 408 g/mol. The number of alkyl halides is 5. The molecule has 0 aliphatic heterocycles. The fourth-order valence-corrected chi connectivity index (χ4v) is 2.91. The third-order valence-corrected chi connectivity index (χ3v) is 4.42. The van der Waals surface area contributed by atoms with E-state index in [1.54, 1.807) is 19.2 Å². The lowest BCUT2D eigenvalue weighted by Crippen LogP contribution is -2.20. The van der Waals surface area contributed by atoms with Crippen LogP contribution in [0.5, 0.6) is 5.75 Å². The van der Waals surface area contributed by atoms with Crippen LogP contribution in [0, 0.1) is 6.92 Å². The van der Waals surface area contributed by atoms with Crippen LogP contribution in [0.2, 0.25) is 0 Å². The highest BCUT2D eigenvalue weighted by Crippen LogP contribution is 2.46. The standard InChI is InChI=1S/C17H17F5N2O2S/c1-4-8(2)24-13-9(3)10(12-6-27-7-23-12)5-11(14(25)16(18)19)15(13)26-17(20,21)22/h5-7,14,16,25H,4H2,1-3H3. The predicted octanol–water partition coefficient (Wildman–Crippen LogP) is 5.82. The lowest BCUT2D eigenvalue weighted by molar-refractivity contribution is -0.275. The van der Waals surface area contributed by atoms with Crippen molar-refractivity contribution in [2.24, 2.45) is 4.99 Å². The maximum Gasteiger partial charge on any atom is 0.573 e. The molecule has 1 heterocycles. The van der Waals surface area contributed by atoms with Gasteiger partial charge >= 0.3 is 6.36 Å². The van der Waals surface area contributed by atoms with Gasteiger partial charge in [0.2, 0.25) is 0 Å². The minimum Gasteiger partial charge on any atom is -0.403 e. The Morgan fingerprint density at radius 2 is 2.04 bits per heavy atom. The molecule has 148 valence electrons. The minimum absolute atomic E-state index is 0.258. The summed E-state index contributed by atoms with van der Waals surface area (Å²) in [5.74, 6) is -0.931. The van der Waals surface area contributed by atoms with Gasteiger partial charge in [-0.1, -0.05) is 6.92 Å². The fourth-order valence-electron chi connectivity index (χ4n) is 2.36. The van der Waals surface area contributed by atoms with Crippen molar-refractivity contribution in [3.8, 4) is 17.0 Å². The number of aliphatic imine (C=N–C) groups is 1. The monoisotopic (exact) mass is 408 g/mol. The molecular formula is C17H17F5N2O2S. The van der Waals surface area contributed by atoms with Crippen LogP contribution in [0.25, 0.3) is 11.3 Å². The molecule has 0 saturated heterocycles. The third kappa shape index (κ3) is 5.01. The second-order valence-corrected chi connectivity index (χ2v) is 6.44. The maximum absolute atomic E-state index is 13.1. The number of rotatable bonds is 6. The summed E-state index contributed by atoms with van der Waals surface area (Å²) < 4.78 is 69.1. The van der Waals surface area contributed by atoms with E-state index in [1.165, 1.54) is 23.8 Å². The van der Waals surface area contributed by atoms with Gasteiger partial charge in [-0.15, -0.1) is 24.5 Å². The second kappa shape index (κ2) is 8.30. The number of thiazole rings is 1. The largest absolute Gasteiger partial charge is 0.573 e. The number of benzene rings is 1. The molecule has 1 aromatic carbocycles. The smallest absolute Gasteiger partial charge is 0.403 e. The van der Waals surface area contributed by atoms with Crippen molar-refractivity contribution in [1.82, 2.24) is 4.98 Å². The fraction of sp³-hybridized carbons (Fsp3) is 0.412. The molecule has 1 aromatic heterocycles. The van der Waals surface area contributed by atoms with E-state index in [1.807, 2.05) is 0 Å². The van der Waals surface area contributed by atoms with Crippen molar-refractivity contribution >= 4 is 22.7 Å². The number of aliphatic hydroxyl groups excluding tert-OH is 1. The normalized spacial score (nSPS) is 13.9. The Balaban J connectivity index is 2.86. The zero-order valence-electron chi connectivity index (χ0n) is 14.6. The highest BCUT2D eigenvalue weighted by molar-refractivity contribution is 7.07. The van der Waals surface area contributed by atoms with Crippen molar-refractivity contribution in [3.63, 3.8) is 0 Å². The lowest BCUT2D eigenvalue weighted by Gasteiger charge is -2.22. The number of halogens is 5. The van der Waals surface area contributed by atoms with Crippen LogP contribution in [0.15, 0.2) is 21.9 Å². The Hall–Kier alpha value is -2.07. The molecule has 0 spiro atoms. The van der Waals surface area contributed by atoms with Gasteiger partial charge in [0, 0.05) is 22.2 Å². The molecule has 1 unspecified atom stereocenters. The van der Waals surface area contributed by atoms with E-state index in [4.69, 9.17) is 0 Å². The van der Waals surface area contributed by atoms with E-state index in [0.29, 0.717) is 23.4 Å². The summed E-state index contributed by atoms with van der Waals surface area (Å²) in [5.41, 5.74) is 1.97. The van der Waals surface area contributed by atoms with E-state index in [2.05, 4.69) is 14.7 Å². The first-order valence-corrected chi connectivity index (χ1v) is 8.81. The summed E-state index contributed by atoms with van der Waals surface area (Å²) in [5, 5.41) is 11.5. The first kappa shape index (κ1) is 21.2. The highest BCUT2D eigenvalue weighted by Gasteiger charge is 2.37. The molecule has 1 atom stereocenters. The van der Waals surface area contributed by atoms with Gasteiger partial charge < -0.3 is 9.84 Å². The summed E-state index contributed by atoms with van der Waals surface area (Å²) in [6.07, 6.45) is -10.5. The molecule has 0 aliphatic rings. The summed E-state index contributed by atoms with van der Waals surface area (Å²) in [7, 11) is 0. The summed E-state index contributed by atoms with van der Waals surface area (Å²) in [6, 6.07) is 1.04. The molecule has 0 bridgehead atoms. The Kier molecular flexibility index (Phi) is 6.53. The first-order chi connectivity index (χ1) is 12.5. The van der Waals surface area contributed by atoms with Gasteiger partial charge in [0.15, 0.2) is 5.75 Å². The summed E-state index contributed by atoms with van der Waals surface area (Å²) >= 11 is 1.23. The Morgan fingerprint density at radius 3 is 2.52 bits per heavy atom. The van der Waals surface area contributed by atoms with E-state index in [9.17, 15) is 27.1 Å². The van der Waals surface area contributed by atoms with Crippen molar-refractivity contribution in [2.45, 2.75) is 46.1 Å². The van der Waals surface area contributed by atoms with E-state index in [-0.39, 0.29) is 11.3 Å². The van der Waals surface area contributed by atoms with Crippen molar-refractivity contribution in [3.05, 3.63) is 28.1 Å². The predicted molar refractivity (Wildman–Crippen MR) is 93.0 cm³/mol. The SMILES string of the molecule is CCC(C)=Nc1c(C)c(-c2cscn2)cc(C(O)C(F)F)c1OC(F)(F)F. The molecule has 0 aliphatic carbocycles. The Labute approximate surface area is 156 Å². The van der Waals surface area contributed by atoms with Crippen molar-refractivity contribution in [1.29, 1.82) is 0 Å². The molecular weight excluding hydrogens is 391 g/mol. The molecule has 27 heavy (non-hydrogen) atoms. The Morgan fingerprint density at radius 1 is 1.37 bits per heavy atom. The van der Waals surface area contributed by atoms with Crippen molar-refractivity contribution in [2.75, 3.05) is 0 Å². The average Bonchev–Trinajstić information content (AvgIpc) is 3.10. The topological polar surface area (TPSA) is 54.7 Å². The van der Waals surface area contributed by atoms with E-state index in [0.717, 1.165) is 6.07 Å². The maximum atomic E-state index is 13.1. The van der Waals surface area contributed by atoms with Gasteiger partial charge in [-0.05, 0) is 31.9 Å². The number of nitrogens with zero attached hydrogens (tertiary/aromatic N) is 2. The molecule has 0 fully saturated rings. The third-order valence-electron chi connectivity index (χ3n) is 3.83. The molecule has 4 nitrogen and oxygen atoms in total. The molecule has 2 rings (SSSR count). The van der Waals surface area contributed by atoms with Crippen LogP contribution in [-0.2, 0) is 0 Å². The molecule has 0 saturated carbocycles. The van der Waals surface area contributed by atoms with E-state index < -0.39 is 30.2 Å². The molecule has 0 radical (unpaired) electrons. The van der Waals surface area contributed by atoms with E-state index >= 15 is 0 Å². The number of hydrogen-bond acceptors (Lipinski definition) is 5. The number of aliphatic hydroxyl groups is 1. The van der Waals surface area contributed by atoms with Crippen LogP contribution in [-0.4, -0.2) is 28.6 Å². The minimum atomic E-state index is -5.14. The van der Waals surface area contributed by atoms with Gasteiger partial charge in [-0.2, -0.15) is 0 Å². The first-order valence-electron chi connectivity index (χ1n) is 7.87. The van der Waals surface area contributed by atoms with Crippen LogP contribution >= 0.6 is 11.3 Å². The van der Waals surface area contributed by atoms with Crippen LogP contribution in [0.1, 0.15) is 37.5 Å². The molecule has 2 aromatic rings. The molecule has 0 amide bonds. The summed E-state index contributed by atoms with van der Waals surface area (Å²) in [4.78, 5) is 8.22. The number of hydrogen-bond donors (Lipinski definition) is 1. The zero-order valence-corrected chi connectivity index (χ0v) is 15.5. The number of ether oxygens (including phenoxy) is 1. The lowest BCUT2D eigenvalue weighted by atomic mass is 9.96. The van der Waals surface area contributed by atoms with Gasteiger partial charge in [-0.25, -0.2) is 13.8 Å². The van der Waals surface area contributed by atoms with Gasteiger partial charge in [0.05, 0.1) is 11.2 Å². The summed E-state index contributed by atoms with van der Waals surface area (Å²) in [6.45, 7) is 4.84. The van der Waals surface area contributed by atoms with Crippen molar-refractivity contribution < 1.29 is 31.8 Å². The Bertz CT molecular complexity index is 820. The highest BCUT2D eigenvalue weighted by atomic mass is 32.1. The molecule has 1 N–H and O–H groups in total.